The number of aliphatic hydroxyl groups is 1. The molecule has 0 spiro atoms. The molecule has 10 nitrogen and oxygen atoms in total. The fraction of sp³-hybridized carbons (Fsp3) is 0.462. The van der Waals surface area contributed by atoms with Crippen LogP contribution in [0.1, 0.15) is 42.2 Å². The summed E-state index contributed by atoms with van der Waals surface area (Å²) in [5.74, 6) is -0.0956. The van der Waals surface area contributed by atoms with E-state index in [9.17, 15) is 19.1 Å². The Morgan fingerprint density at radius 1 is 1.24 bits per heavy atom. The number of aliphatic hydroxyl groups excluding tert-OH is 1. The molecule has 2 atom stereocenters. The van der Waals surface area contributed by atoms with E-state index in [2.05, 4.69) is 20.3 Å². The molecule has 2 aromatic heterocycles. The molecule has 0 radical (unpaired) electrons. The van der Waals surface area contributed by atoms with Crippen LogP contribution in [0, 0.1) is 18.7 Å². The van der Waals surface area contributed by atoms with Gasteiger partial charge in [-0.3, -0.25) is 9.59 Å². The predicted molar refractivity (Wildman–Crippen MR) is 133 cm³/mol. The highest BCUT2D eigenvalue weighted by Crippen LogP contribution is 2.39. The Bertz CT molecular complexity index is 1350. The monoisotopic (exact) mass is 511 g/mol. The number of hydrogen-bond donors (Lipinski definition) is 3. The van der Waals surface area contributed by atoms with Crippen molar-refractivity contribution in [3.05, 3.63) is 35.5 Å². The SMILES string of the molecule is COc1cc(OCC2CC2)c(-c2ncnc3c(C(=O)NC4CCN(C(C)=O)CC4O)c(C)[nH]c23)cc1F. The number of β-amino-alcohol motifs (C(OH)–C–C–N with tert-alkyl or cyclic N) is 1. The molecule has 3 aromatic rings. The zero-order chi connectivity index (χ0) is 26.3. The summed E-state index contributed by atoms with van der Waals surface area (Å²) in [5, 5.41) is 13.4. The zero-order valence-electron chi connectivity index (χ0n) is 21.0. The second-order valence-electron chi connectivity index (χ2n) is 9.71. The summed E-state index contributed by atoms with van der Waals surface area (Å²) in [6.45, 7) is 4.32. The van der Waals surface area contributed by atoms with E-state index in [1.165, 1.54) is 32.5 Å². The first kappa shape index (κ1) is 24.9. The Hall–Kier alpha value is -3.73. The van der Waals surface area contributed by atoms with Gasteiger partial charge in [0.1, 0.15) is 23.3 Å². The molecule has 1 saturated carbocycles. The molecule has 3 heterocycles. The number of piperidine rings is 1. The highest BCUT2D eigenvalue weighted by atomic mass is 19.1. The number of aromatic nitrogens is 3. The number of carbonyl (C=O) groups excluding carboxylic acids is 2. The summed E-state index contributed by atoms with van der Waals surface area (Å²) >= 11 is 0. The number of aromatic amines is 1. The quantitative estimate of drug-likeness (QED) is 0.445. The van der Waals surface area contributed by atoms with Crippen molar-refractivity contribution in [2.45, 2.75) is 45.3 Å². The first-order valence-corrected chi connectivity index (χ1v) is 12.3. The maximum atomic E-state index is 14.8. The number of amides is 2. The summed E-state index contributed by atoms with van der Waals surface area (Å²) < 4.78 is 25.9. The van der Waals surface area contributed by atoms with E-state index in [0.717, 1.165) is 12.8 Å². The van der Waals surface area contributed by atoms with Gasteiger partial charge in [0, 0.05) is 37.3 Å². The van der Waals surface area contributed by atoms with Gasteiger partial charge in [-0.2, -0.15) is 0 Å². The van der Waals surface area contributed by atoms with Gasteiger partial charge in [0.2, 0.25) is 5.91 Å². The Morgan fingerprint density at radius 3 is 2.70 bits per heavy atom. The number of halogens is 1. The van der Waals surface area contributed by atoms with Crippen molar-refractivity contribution in [1.82, 2.24) is 25.2 Å². The van der Waals surface area contributed by atoms with E-state index in [1.807, 2.05) is 0 Å². The van der Waals surface area contributed by atoms with Crippen molar-refractivity contribution >= 4 is 22.8 Å². The average molecular weight is 512 g/mol. The van der Waals surface area contributed by atoms with Gasteiger partial charge in [-0.25, -0.2) is 14.4 Å². The molecule has 11 heteroatoms. The molecule has 196 valence electrons. The van der Waals surface area contributed by atoms with Crippen LogP contribution >= 0.6 is 0 Å². The molecule has 1 aliphatic heterocycles. The molecule has 2 aliphatic rings. The highest BCUT2D eigenvalue weighted by Gasteiger charge is 2.32. The number of rotatable bonds is 7. The molecule has 1 saturated heterocycles. The average Bonchev–Trinajstić information content (AvgIpc) is 3.63. The Balaban J connectivity index is 1.48. The molecular formula is C26H30FN5O5. The number of nitrogens with zero attached hydrogens (tertiary/aromatic N) is 3. The zero-order valence-corrected chi connectivity index (χ0v) is 21.0. The normalized spacial score (nSPS) is 19.6. The third-order valence-electron chi connectivity index (χ3n) is 7.02. The van der Waals surface area contributed by atoms with Gasteiger partial charge in [0.05, 0.1) is 36.9 Å². The van der Waals surface area contributed by atoms with Crippen LogP contribution in [0.4, 0.5) is 4.39 Å². The Kier molecular flexibility index (Phi) is 6.72. The van der Waals surface area contributed by atoms with Crippen molar-refractivity contribution in [3.63, 3.8) is 0 Å². The molecule has 5 rings (SSSR count). The van der Waals surface area contributed by atoms with Crippen LogP contribution in [0.15, 0.2) is 18.5 Å². The van der Waals surface area contributed by atoms with Gasteiger partial charge in [0.25, 0.3) is 5.91 Å². The van der Waals surface area contributed by atoms with Crippen LogP contribution < -0.4 is 14.8 Å². The minimum absolute atomic E-state index is 0.0666. The second-order valence-corrected chi connectivity index (χ2v) is 9.71. The third-order valence-corrected chi connectivity index (χ3v) is 7.02. The molecule has 1 aromatic carbocycles. The molecule has 2 unspecified atom stereocenters. The van der Waals surface area contributed by atoms with Crippen molar-refractivity contribution in [3.8, 4) is 22.8 Å². The first-order chi connectivity index (χ1) is 17.8. The lowest BCUT2D eigenvalue weighted by Crippen LogP contribution is -2.55. The minimum atomic E-state index is -0.884. The Morgan fingerprint density at radius 2 is 2.03 bits per heavy atom. The number of aryl methyl sites for hydroxylation is 1. The lowest BCUT2D eigenvalue weighted by molar-refractivity contribution is -0.132. The molecule has 2 amide bonds. The summed E-state index contributed by atoms with van der Waals surface area (Å²) in [6.07, 6.45) is 3.07. The summed E-state index contributed by atoms with van der Waals surface area (Å²) in [5.41, 5.74) is 2.53. The fourth-order valence-corrected chi connectivity index (χ4v) is 4.72. The number of nitrogens with one attached hydrogen (secondary N) is 2. The van der Waals surface area contributed by atoms with Crippen LogP contribution in [0.25, 0.3) is 22.3 Å². The minimum Gasteiger partial charge on any atom is -0.494 e. The van der Waals surface area contributed by atoms with Crippen LogP contribution in [0.3, 0.4) is 0 Å². The van der Waals surface area contributed by atoms with Crippen molar-refractivity contribution in [2.75, 3.05) is 26.8 Å². The summed E-state index contributed by atoms with van der Waals surface area (Å²) in [7, 11) is 1.39. The molecular weight excluding hydrogens is 481 g/mol. The molecule has 3 N–H and O–H groups in total. The van der Waals surface area contributed by atoms with Crippen LogP contribution in [0.2, 0.25) is 0 Å². The van der Waals surface area contributed by atoms with Gasteiger partial charge >= 0.3 is 0 Å². The number of H-pyrrole nitrogens is 1. The number of fused-ring (bicyclic) bond motifs is 1. The number of likely N-dealkylation sites (tertiary alicyclic amines) is 1. The van der Waals surface area contributed by atoms with E-state index in [4.69, 9.17) is 9.47 Å². The van der Waals surface area contributed by atoms with Crippen LogP contribution in [-0.4, -0.2) is 75.7 Å². The van der Waals surface area contributed by atoms with E-state index >= 15 is 0 Å². The first-order valence-electron chi connectivity index (χ1n) is 12.3. The third kappa shape index (κ3) is 4.95. The topological polar surface area (TPSA) is 130 Å². The predicted octanol–water partition coefficient (Wildman–Crippen LogP) is 2.58. The smallest absolute Gasteiger partial charge is 0.255 e. The van der Waals surface area contributed by atoms with Gasteiger partial charge in [-0.15, -0.1) is 0 Å². The summed E-state index contributed by atoms with van der Waals surface area (Å²) in [6, 6.07) is 2.32. The van der Waals surface area contributed by atoms with Gasteiger partial charge in [0.15, 0.2) is 11.6 Å². The molecule has 37 heavy (non-hydrogen) atoms. The van der Waals surface area contributed by atoms with Gasteiger partial charge < -0.3 is 29.8 Å². The Labute approximate surface area is 213 Å². The van der Waals surface area contributed by atoms with Crippen molar-refractivity contribution < 1.29 is 28.6 Å². The number of methoxy groups -OCH3 is 1. The van der Waals surface area contributed by atoms with E-state index in [1.54, 1.807) is 11.8 Å². The number of hydrogen-bond acceptors (Lipinski definition) is 7. The van der Waals surface area contributed by atoms with Crippen molar-refractivity contribution in [2.24, 2.45) is 5.92 Å². The standard InChI is InChI=1S/C26H30FN5O5/c1-13-22(26(35)31-18-6-7-32(14(2)33)10-19(18)34)24-25(30-13)23(28-12-29-24)16-8-17(27)21(36-3)9-20(16)37-11-15-4-5-15/h8-9,12,15,18-19,30,34H,4-7,10-11H2,1-3H3,(H,31,35). The lowest BCUT2D eigenvalue weighted by Gasteiger charge is -2.35. The number of carbonyl (C=O) groups is 2. The molecule has 0 bridgehead atoms. The van der Waals surface area contributed by atoms with Crippen molar-refractivity contribution in [1.29, 1.82) is 0 Å². The van der Waals surface area contributed by atoms with E-state index in [0.29, 0.717) is 64.8 Å². The molecule has 2 fully saturated rings. The maximum absolute atomic E-state index is 14.8. The van der Waals surface area contributed by atoms with E-state index in [-0.39, 0.29) is 18.2 Å². The number of ether oxygens (including phenoxy) is 2. The van der Waals surface area contributed by atoms with Crippen LogP contribution in [-0.2, 0) is 4.79 Å². The molecule has 1 aliphatic carbocycles. The second kappa shape index (κ2) is 9.97. The maximum Gasteiger partial charge on any atom is 0.255 e. The largest absolute Gasteiger partial charge is 0.494 e. The van der Waals surface area contributed by atoms with Crippen LogP contribution in [0.5, 0.6) is 11.5 Å². The van der Waals surface area contributed by atoms with Gasteiger partial charge in [-0.1, -0.05) is 0 Å². The lowest BCUT2D eigenvalue weighted by atomic mass is 10.0. The fourth-order valence-electron chi connectivity index (χ4n) is 4.72. The number of benzene rings is 1. The highest BCUT2D eigenvalue weighted by molar-refractivity contribution is 6.09. The summed E-state index contributed by atoms with van der Waals surface area (Å²) in [4.78, 5) is 38.4. The van der Waals surface area contributed by atoms with Gasteiger partial charge in [-0.05, 0) is 38.2 Å². The van der Waals surface area contributed by atoms with E-state index < -0.39 is 23.9 Å².